The van der Waals surface area contributed by atoms with Crippen LogP contribution >= 0.6 is 11.6 Å². The number of fused-ring (bicyclic) bond motifs is 1. The van der Waals surface area contributed by atoms with Crippen molar-refractivity contribution in [3.63, 3.8) is 0 Å². The molecule has 0 amide bonds. The molecular weight excluding hydrogens is 532 g/mol. The largest absolute Gasteiger partial charge is 0.474 e. The summed E-state index contributed by atoms with van der Waals surface area (Å²) >= 11 is 6.00. The van der Waals surface area contributed by atoms with Gasteiger partial charge < -0.3 is 25.0 Å². The number of imidazole rings is 1. The second-order valence-corrected chi connectivity index (χ2v) is 10.6. The minimum absolute atomic E-state index is 0.0287. The SMILES string of the molecule is N/C(=N\O)c1ccc2nc(CN3CCC(Oc4ccnc(Cc5ccc(Cl)cc5)n4)CC3)n(C[C@@H]3CCO3)c2n1. The summed E-state index contributed by atoms with van der Waals surface area (Å²) in [6.45, 7) is 3.88. The Morgan fingerprint density at radius 1 is 1.07 bits per heavy atom. The van der Waals surface area contributed by atoms with Gasteiger partial charge in [-0.1, -0.05) is 28.9 Å². The Morgan fingerprint density at radius 3 is 2.60 bits per heavy atom. The quantitative estimate of drug-likeness (QED) is 0.136. The molecule has 0 aliphatic carbocycles. The average molecular weight is 563 g/mol. The molecule has 2 aliphatic rings. The number of amidine groups is 1. The van der Waals surface area contributed by atoms with Gasteiger partial charge in [0, 0.05) is 43.4 Å². The maximum absolute atomic E-state index is 9.09. The average Bonchev–Trinajstić information content (AvgIpc) is 3.28. The minimum atomic E-state index is -0.0287. The summed E-state index contributed by atoms with van der Waals surface area (Å²) in [5.41, 5.74) is 8.80. The van der Waals surface area contributed by atoms with Gasteiger partial charge >= 0.3 is 0 Å². The third-order valence-corrected chi connectivity index (χ3v) is 7.62. The number of likely N-dealkylation sites (tertiary alicyclic amines) is 1. The van der Waals surface area contributed by atoms with E-state index in [4.69, 9.17) is 37.0 Å². The molecule has 2 aliphatic heterocycles. The van der Waals surface area contributed by atoms with E-state index >= 15 is 0 Å². The van der Waals surface area contributed by atoms with Crippen molar-refractivity contribution < 1.29 is 14.7 Å². The van der Waals surface area contributed by atoms with Crippen LogP contribution in [0.15, 0.2) is 53.8 Å². The number of piperidine rings is 1. The Morgan fingerprint density at radius 2 is 1.88 bits per heavy atom. The molecule has 5 heterocycles. The van der Waals surface area contributed by atoms with Crippen LogP contribution in [0.2, 0.25) is 5.02 Å². The van der Waals surface area contributed by atoms with Gasteiger partial charge in [0.1, 0.15) is 29.0 Å². The van der Waals surface area contributed by atoms with E-state index < -0.39 is 0 Å². The van der Waals surface area contributed by atoms with Crippen molar-refractivity contribution in [2.45, 2.75) is 51.0 Å². The van der Waals surface area contributed by atoms with Gasteiger partial charge in [-0.05, 0) is 49.1 Å². The van der Waals surface area contributed by atoms with E-state index in [1.54, 1.807) is 12.3 Å². The molecule has 4 aromatic rings. The van der Waals surface area contributed by atoms with Gasteiger partial charge in [0.15, 0.2) is 11.5 Å². The first-order chi connectivity index (χ1) is 19.5. The van der Waals surface area contributed by atoms with E-state index in [2.05, 4.69) is 29.6 Å². The summed E-state index contributed by atoms with van der Waals surface area (Å²) in [7, 11) is 0. The zero-order valence-electron chi connectivity index (χ0n) is 22.0. The van der Waals surface area contributed by atoms with Gasteiger partial charge in [-0.25, -0.2) is 15.0 Å². The molecule has 40 heavy (non-hydrogen) atoms. The van der Waals surface area contributed by atoms with Gasteiger partial charge in [0.05, 0.1) is 19.2 Å². The van der Waals surface area contributed by atoms with Crippen LogP contribution < -0.4 is 10.5 Å². The monoisotopic (exact) mass is 562 g/mol. The van der Waals surface area contributed by atoms with Gasteiger partial charge in [0.2, 0.25) is 5.88 Å². The molecule has 2 fully saturated rings. The number of rotatable bonds is 9. The second-order valence-electron chi connectivity index (χ2n) is 10.2. The smallest absolute Gasteiger partial charge is 0.216 e. The molecule has 6 rings (SSSR count). The van der Waals surface area contributed by atoms with Crippen LogP contribution in [0.1, 0.15) is 42.2 Å². The number of nitrogens with two attached hydrogens (primary N) is 1. The lowest BCUT2D eigenvalue weighted by atomic mass is 10.1. The standard InChI is InChI=1S/C28H31ClN8O3/c29-19-3-1-18(2-4-19)15-24-31-11-7-26(34-24)40-20-8-12-36(13-9-20)17-25-32-23-6-5-22(27(30)35-38)33-28(23)37(25)16-21-10-14-39-21/h1-7,11,20-21,38H,8-10,12-17H2,(H2,30,35)/t21-/m0/s1. The molecule has 3 N–H and O–H groups in total. The number of ether oxygens (including phenoxy) is 2. The maximum Gasteiger partial charge on any atom is 0.216 e. The van der Waals surface area contributed by atoms with Crippen molar-refractivity contribution in [2.24, 2.45) is 10.9 Å². The van der Waals surface area contributed by atoms with Crippen molar-refractivity contribution in [2.75, 3.05) is 19.7 Å². The fourth-order valence-electron chi connectivity index (χ4n) is 5.06. The van der Waals surface area contributed by atoms with Crippen LogP contribution in [0.5, 0.6) is 5.88 Å². The van der Waals surface area contributed by atoms with E-state index in [9.17, 15) is 0 Å². The summed E-state index contributed by atoms with van der Waals surface area (Å²) in [6.07, 6.45) is 5.37. The molecule has 12 heteroatoms. The summed E-state index contributed by atoms with van der Waals surface area (Å²) < 4.78 is 14.1. The zero-order chi connectivity index (χ0) is 27.5. The Bertz CT molecular complexity index is 1500. The molecule has 2 saturated heterocycles. The topological polar surface area (TPSA) is 137 Å². The number of nitrogens with zero attached hydrogens (tertiary/aromatic N) is 7. The van der Waals surface area contributed by atoms with Crippen LogP contribution in [0.4, 0.5) is 0 Å². The molecule has 0 radical (unpaired) electrons. The Hall–Kier alpha value is -3.80. The molecule has 0 saturated carbocycles. The number of hydrogen-bond donors (Lipinski definition) is 2. The number of aromatic nitrogens is 5. The first-order valence-corrected chi connectivity index (χ1v) is 13.8. The van der Waals surface area contributed by atoms with Crippen molar-refractivity contribution in [3.05, 3.63) is 76.6 Å². The maximum atomic E-state index is 9.09. The Kier molecular flexibility index (Phi) is 7.76. The van der Waals surface area contributed by atoms with Crippen LogP contribution in [0.25, 0.3) is 11.2 Å². The fourth-order valence-corrected chi connectivity index (χ4v) is 5.19. The zero-order valence-corrected chi connectivity index (χ0v) is 22.7. The molecule has 0 unspecified atom stereocenters. The minimum Gasteiger partial charge on any atom is -0.474 e. The van der Waals surface area contributed by atoms with Crippen molar-refractivity contribution in [3.8, 4) is 5.88 Å². The molecule has 0 bridgehead atoms. The summed E-state index contributed by atoms with van der Waals surface area (Å²) in [5, 5.41) is 12.9. The lowest BCUT2D eigenvalue weighted by Gasteiger charge is -2.32. The van der Waals surface area contributed by atoms with Crippen LogP contribution in [0.3, 0.4) is 0 Å². The lowest BCUT2D eigenvalue weighted by molar-refractivity contribution is -0.0593. The van der Waals surface area contributed by atoms with Crippen molar-refractivity contribution in [1.82, 2.24) is 29.4 Å². The molecule has 0 spiro atoms. The van der Waals surface area contributed by atoms with Crippen LogP contribution in [-0.2, 0) is 24.2 Å². The van der Waals surface area contributed by atoms with E-state index in [0.29, 0.717) is 41.8 Å². The van der Waals surface area contributed by atoms with Crippen molar-refractivity contribution in [1.29, 1.82) is 0 Å². The fraction of sp³-hybridized carbons (Fsp3) is 0.393. The number of benzene rings is 1. The highest BCUT2D eigenvalue weighted by Gasteiger charge is 2.26. The predicted octanol–water partition coefficient (Wildman–Crippen LogP) is 3.39. The van der Waals surface area contributed by atoms with Crippen molar-refractivity contribution >= 4 is 28.6 Å². The van der Waals surface area contributed by atoms with E-state index in [1.165, 1.54) is 0 Å². The van der Waals surface area contributed by atoms with E-state index in [0.717, 1.165) is 61.7 Å². The molecule has 11 nitrogen and oxygen atoms in total. The van der Waals surface area contributed by atoms with E-state index in [-0.39, 0.29) is 18.0 Å². The number of hydrogen-bond acceptors (Lipinski definition) is 9. The van der Waals surface area contributed by atoms with Gasteiger partial charge in [-0.3, -0.25) is 4.90 Å². The number of pyridine rings is 1. The number of oxime groups is 1. The Labute approximate surface area is 236 Å². The number of halogens is 1. The first-order valence-electron chi connectivity index (χ1n) is 13.4. The highest BCUT2D eigenvalue weighted by Crippen LogP contribution is 2.24. The first kappa shape index (κ1) is 26.4. The third kappa shape index (κ3) is 6.01. The molecule has 1 aromatic carbocycles. The molecular formula is C28H31ClN8O3. The Balaban J connectivity index is 1.10. The summed E-state index contributed by atoms with van der Waals surface area (Å²) in [6, 6.07) is 13.1. The third-order valence-electron chi connectivity index (χ3n) is 7.36. The van der Waals surface area contributed by atoms with E-state index in [1.807, 2.05) is 36.4 Å². The second kappa shape index (κ2) is 11.7. The van der Waals surface area contributed by atoms with Gasteiger partial charge in [0.25, 0.3) is 0 Å². The molecule has 1 atom stereocenters. The molecule has 208 valence electrons. The van der Waals surface area contributed by atoms with Gasteiger partial charge in [-0.2, -0.15) is 4.98 Å². The predicted molar refractivity (Wildman–Crippen MR) is 150 cm³/mol. The van der Waals surface area contributed by atoms with Crippen LogP contribution in [0, 0.1) is 0 Å². The summed E-state index contributed by atoms with van der Waals surface area (Å²) in [5.74, 6) is 2.22. The van der Waals surface area contributed by atoms with Crippen LogP contribution in [-0.4, -0.2) is 72.4 Å². The highest BCUT2D eigenvalue weighted by molar-refractivity contribution is 6.30. The summed E-state index contributed by atoms with van der Waals surface area (Å²) in [4.78, 5) is 20.9. The highest BCUT2D eigenvalue weighted by atomic mass is 35.5. The normalized spacial score (nSPS) is 18.6. The molecule has 3 aromatic heterocycles. The lowest BCUT2D eigenvalue weighted by Crippen LogP contribution is -2.39. The van der Waals surface area contributed by atoms with Gasteiger partial charge in [-0.15, -0.1) is 0 Å².